The Kier molecular flexibility index (Phi) is 11.6. The average molecular weight is 644 g/mol. The molecule has 0 saturated carbocycles. The SMILES string of the molecule is CN(C)C(=O)N=NC(=O)N(C)C.Cc1cc(C(=O)NCc2ccc(F)c(F)c2)nc2cc(C(=O)NCc3ccc(F)c(F)c3)nn12. The third-order valence-electron chi connectivity index (χ3n) is 5.93. The van der Waals surface area contributed by atoms with Crippen LogP contribution in [0.2, 0.25) is 0 Å². The summed E-state index contributed by atoms with van der Waals surface area (Å²) < 4.78 is 54.1. The Balaban J connectivity index is 0.000000409. The van der Waals surface area contributed by atoms with Crippen LogP contribution in [0.25, 0.3) is 5.65 Å². The summed E-state index contributed by atoms with van der Waals surface area (Å²) in [5.41, 5.74) is 1.54. The van der Waals surface area contributed by atoms with Gasteiger partial charge in [-0.25, -0.2) is 36.7 Å². The first-order valence-corrected chi connectivity index (χ1v) is 13.3. The second-order valence-corrected chi connectivity index (χ2v) is 10.00. The number of nitrogens with zero attached hydrogens (tertiary/aromatic N) is 7. The highest BCUT2D eigenvalue weighted by molar-refractivity contribution is 5.94. The fourth-order valence-corrected chi connectivity index (χ4v) is 3.46. The van der Waals surface area contributed by atoms with E-state index in [1.807, 2.05) is 0 Å². The lowest BCUT2D eigenvalue weighted by Gasteiger charge is -2.07. The Morgan fingerprint density at radius 3 is 1.59 bits per heavy atom. The van der Waals surface area contributed by atoms with E-state index in [9.17, 15) is 36.7 Å². The minimum Gasteiger partial charge on any atom is -0.347 e. The third kappa shape index (κ3) is 9.38. The first kappa shape index (κ1) is 34.7. The fourth-order valence-electron chi connectivity index (χ4n) is 3.46. The van der Waals surface area contributed by atoms with Gasteiger partial charge >= 0.3 is 12.1 Å². The summed E-state index contributed by atoms with van der Waals surface area (Å²) in [5, 5.41) is 15.6. The van der Waals surface area contributed by atoms with Crippen LogP contribution in [0.3, 0.4) is 0 Å². The van der Waals surface area contributed by atoms with E-state index in [0.29, 0.717) is 16.8 Å². The van der Waals surface area contributed by atoms with Gasteiger partial charge in [-0.3, -0.25) is 9.59 Å². The van der Waals surface area contributed by atoms with Crippen molar-refractivity contribution in [3.63, 3.8) is 0 Å². The van der Waals surface area contributed by atoms with Gasteiger partial charge in [-0.15, -0.1) is 0 Å². The number of nitrogens with one attached hydrogen (secondary N) is 2. The highest BCUT2D eigenvalue weighted by atomic mass is 19.2. The molecule has 0 atom stereocenters. The number of fused-ring (bicyclic) bond motifs is 1. The van der Waals surface area contributed by atoms with Gasteiger partial charge in [0.05, 0.1) is 0 Å². The van der Waals surface area contributed by atoms with Gasteiger partial charge in [0.2, 0.25) is 0 Å². The van der Waals surface area contributed by atoms with Gasteiger partial charge in [0.1, 0.15) is 5.69 Å². The van der Waals surface area contributed by atoms with Crippen molar-refractivity contribution in [2.45, 2.75) is 20.0 Å². The average Bonchev–Trinajstić information content (AvgIpc) is 3.46. The lowest BCUT2D eigenvalue weighted by molar-refractivity contribution is 0.0937. The molecular weight excluding hydrogens is 614 g/mol. The minimum absolute atomic E-state index is 0.0116. The summed E-state index contributed by atoms with van der Waals surface area (Å²) in [7, 11) is 6.12. The molecular formula is C29H29F4N9O4. The Bertz CT molecular complexity index is 1790. The number of aryl methyl sites for hydroxylation is 1. The number of carbonyl (C=O) groups is 4. The zero-order valence-electron chi connectivity index (χ0n) is 25.3. The Morgan fingerprint density at radius 1 is 0.696 bits per heavy atom. The van der Waals surface area contributed by atoms with Gasteiger partial charge in [0.25, 0.3) is 11.8 Å². The molecule has 2 N–H and O–H groups in total. The van der Waals surface area contributed by atoms with Crippen molar-refractivity contribution in [2.24, 2.45) is 10.2 Å². The fraction of sp³-hybridized carbons (Fsp3) is 0.241. The van der Waals surface area contributed by atoms with Crippen LogP contribution in [0.4, 0.5) is 27.2 Å². The van der Waals surface area contributed by atoms with Crippen LogP contribution >= 0.6 is 0 Å². The number of carbonyl (C=O) groups excluding carboxylic acids is 4. The summed E-state index contributed by atoms with van der Waals surface area (Å²) in [6, 6.07) is 8.34. The Hall–Kier alpha value is -5.74. The van der Waals surface area contributed by atoms with Crippen LogP contribution in [0, 0.1) is 30.2 Å². The molecule has 2 heterocycles. The van der Waals surface area contributed by atoms with Crippen LogP contribution in [0.1, 0.15) is 37.8 Å². The molecule has 17 heteroatoms. The highest BCUT2D eigenvalue weighted by Gasteiger charge is 2.16. The molecule has 2 aromatic heterocycles. The molecule has 0 radical (unpaired) electrons. The monoisotopic (exact) mass is 643 g/mol. The van der Waals surface area contributed by atoms with Crippen LogP contribution in [0.15, 0.2) is 58.8 Å². The maximum absolute atomic E-state index is 13.3. The van der Waals surface area contributed by atoms with Crippen LogP contribution < -0.4 is 10.6 Å². The molecule has 4 aromatic rings. The molecule has 46 heavy (non-hydrogen) atoms. The van der Waals surface area contributed by atoms with Crippen molar-refractivity contribution >= 4 is 29.5 Å². The first-order chi connectivity index (χ1) is 21.7. The smallest absolute Gasteiger partial charge is 0.347 e. The molecule has 0 fully saturated rings. The molecule has 0 bridgehead atoms. The van der Waals surface area contributed by atoms with Gasteiger partial charge in [-0.1, -0.05) is 22.4 Å². The number of halogens is 4. The number of azo groups is 1. The van der Waals surface area contributed by atoms with E-state index in [1.165, 1.54) is 66.8 Å². The summed E-state index contributed by atoms with van der Waals surface area (Å²) in [5.74, 6) is -5.13. The van der Waals surface area contributed by atoms with E-state index in [4.69, 9.17) is 0 Å². The van der Waals surface area contributed by atoms with Crippen molar-refractivity contribution in [2.75, 3.05) is 28.2 Å². The Labute approximate surface area is 259 Å². The zero-order valence-corrected chi connectivity index (χ0v) is 25.3. The molecule has 13 nitrogen and oxygen atoms in total. The van der Waals surface area contributed by atoms with Crippen molar-refractivity contribution in [1.82, 2.24) is 35.0 Å². The number of benzene rings is 2. The third-order valence-corrected chi connectivity index (χ3v) is 5.93. The lowest BCUT2D eigenvalue weighted by Crippen LogP contribution is -2.24. The van der Waals surface area contributed by atoms with E-state index < -0.39 is 47.1 Å². The number of aromatic nitrogens is 3. The van der Waals surface area contributed by atoms with Gasteiger partial charge in [0, 0.05) is 53.0 Å². The highest BCUT2D eigenvalue weighted by Crippen LogP contribution is 2.13. The molecule has 242 valence electrons. The maximum atomic E-state index is 13.3. The number of hydrogen-bond donors (Lipinski definition) is 2. The molecule has 0 aliphatic rings. The summed E-state index contributed by atoms with van der Waals surface area (Å²) in [4.78, 5) is 53.2. The quantitative estimate of drug-likeness (QED) is 0.237. The molecule has 0 spiro atoms. The van der Waals surface area contributed by atoms with Crippen molar-refractivity contribution in [1.29, 1.82) is 0 Å². The second kappa shape index (κ2) is 15.3. The van der Waals surface area contributed by atoms with E-state index in [1.54, 1.807) is 6.92 Å². The van der Waals surface area contributed by atoms with Gasteiger partial charge in [-0.05, 0) is 48.4 Å². The molecule has 6 amide bonds. The molecule has 0 saturated heterocycles. The normalized spacial score (nSPS) is 10.7. The van der Waals surface area contributed by atoms with Crippen molar-refractivity contribution < 1.29 is 36.7 Å². The van der Waals surface area contributed by atoms with E-state index in [-0.39, 0.29) is 30.1 Å². The molecule has 4 rings (SSSR count). The van der Waals surface area contributed by atoms with Crippen molar-refractivity contribution in [3.8, 4) is 0 Å². The predicted molar refractivity (Wildman–Crippen MR) is 156 cm³/mol. The minimum atomic E-state index is -1.02. The standard InChI is InChI=1S/C23H17F4N5O2.C6H12N4O2/c1-12-6-19(22(33)28-10-13-2-4-15(24)17(26)7-13)30-21-9-20(31-32(12)21)23(34)29-11-14-3-5-16(25)18(27)8-14;1-9(2)5(11)7-8-6(12)10(3)4/h2-9H,10-11H2,1H3,(H,28,33)(H,29,34);1-4H3. The van der Waals surface area contributed by atoms with Gasteiger partial charge < -0.3 is 20.4 Å². The van der Waals surface area contributed by atoms with Crippen LogP contribution in [0.5, 0.6) is 0 Å². The number of urea groups is 2. The second-order valence-electron chi connectivity index (χ2n) is 10.00. The summed E-state index contributed by atoms with van der Waals surface area (Å²) in [6.45, 7) is 1.57. The molecule has 0 aliphatic heterocycles. The first-order valence-electron chi connectivity index (χ1n) is 13.3. The molecule has 0 unspecified atom stereocenters. The van der Waals surface area contributed by atoms with E-state index in [0.717, 1.165) is 24.3 Å². The number of hydrogen-bond acceptors (Lipinski definition) is 6. The predicted octanol–water partition coefficient (Wildman–Crippen LogP) is 4.26. The zero-order chi connectivity index (χ0) is 34.1. The summed E-state index contributed by atoms with van der Waals surface area (Å²) in [6.07, 6.45) is 0. The topological polar surface area (TPSA) is 154 Å². The number of amides is 6. The van der Waals surface area contributed by atoms with Gasteiger partial charge in [-0.2, -0.15) is 5.10 Å². The number of rotatable bonds is 6. The maximum Gasteiger partial charge on any atom is 0.361 e. The van der Waals surface area contributed by atoms with Gasteiger partial charge in [0.15, 0.2) is 34.6 Å². The Morgan fingerprint density at radius 2 is 1.15 bits per heavy atom. The summed E-state index contributed by atoms with van der Waals surface area (Å²) >= 11 is 0. The van der Waals surface area contributed by atoms with E-state index in [2.05, 4.69) is 30.9 Å². The van der Waals surface area contributed by atoms with Crippen LogP contribution in [-0.4, -0.2) is 76.5 Å². The molecule has 2 aromatic carbocycles. The van der Waals surface area contributed by atoms with E-state index >= 15 is 0 Å². The van der Waals surface area contributed by atoms with Crippen molar-refractivity contribution in [3.05, 3.63) is 100 Å². The lowest BCUT2D eigenvalue weighted by atomic mass is 10.2. The van der Waals surface area contributed by atoms with Crippen LogP contribution in [-0.2, 0) is 13.1 Å². The largest absolute Gasteiger partial charge is 0.361 e. The molecule has 0 aliphatic carbocycles.